The van der Waals surface area contributed by atoms with Crippen LogP contribution in [0.3, 0.4) is 0 Å². The molecule has 0 saturated heterocycles. The van der Waals surface area contributed by atoms with Gasteiger partial charge in [-0.3, -0.25) is 0 Å². The van der Waals surface area contributed by atoms with Crippen molar-refractivity contribution >= 4 is 17.3 Å². The molecular weight excluding hydrogens is 238 g/mol. The Hall–Kier alpha value is -1.68. The number of nitrogens with zero attached hydrogens (tertiary/aromatic N) is 1. The van der Waals surface area contributed by atoms with Crippen LogP contribution in [0.2, 0.25) is 5.02 Å². The van der Waals surface area contributed by atoms with Gasteiger partial charge in [0.2, 0.25) is 0 Å². The molecule has 2 aromatic rings. The van der Waals surface area contributed by atoms with Crippen LogP contribution in [-0.4, -0.2) is 16.6 Å². The summed E-state index contributed by atoms with van der Waals surface area (Å²) in [6.07, 6.45) is 3.52. The highest BCUT2D eigenvalue weighted by atomic mass is 35.5. The van der Waals surface area contributed by atoms with Gasteiger partial charge in [0.1, 0.15) is 11.6 Å². The summed E-state index contributed by atoms with van der Waals surface area (Å²) in [5, 5.41) is 3.83. The summed E-state index contributed by atoms with van der Waals surface area (Å²) in [5.74, 6) is 1.59. The van der Waals surface area contributed by atoms with Gasteiger partial charge in [0.15, 0.2) is 0 Å². The molecule has 90 valence electrons. The number of rotatable bonds is 5. The number of anilines is 1. The molecule has 4 nitrogen and oxygen atoms in total. The largest absolute Gasteiger partial charge is 0.492 e. The van der Waals surface area contributed by atoms with E-state index in [9.17, 15) is 0 Å². The Kier molecular flexibility index (Phi) is 3.88. The van der Waals surface area contributed by atoms with E-state index in [-0.39, 0.29) is 0 Å². The lowest BCUT2D eigenvalue weighted by atomic mass is 10.3. The lowest BCUT2D eigenvalue weighted by Crippen LogP contribution is -2.01. The zero-order valence-corrected chi connectivity index (χ0v) is 10.3. The molecule has 0 aliphatic heterocycles. The average Bonchev–Trinajstić information content (AvgIpc) is 2.83. The molecule has 0 aliphatic rings. The minimum atomic E-state index is 0.608. The Bertz CT molecular complexity index is 471. The van der Waals surface area contributed by atoms with Crippen LogP contribution in [0.5, 0.6) is 5.75 Å². The van der Waals surface area contributed by atoms with Gasteiger partial charge < -0.3 is 15.0 Å². The molecule has 0 spiro atoms. The normalized spacial score (nSPS) is 10.2. The summed E-state index contributed by atoms with van der Waals surface area (Å²) in [6, 6.07) is 5.63. The Balaban J connectivity index is 2.00. The third-order valence-corrected chi connectivity index (χ3v) is 2.54. The van der Waals surface area contributed by atoms with Gasteiger partial charge >= 0.3 is 0 Å². The first-order valence-electron chi connectivity index (χ1n) is 5.44. The number of aromatic nitrogens is 2. The fourth-order valence-electron chi connectivity index (χ4n) is 1.46. The van der Waals surface area contributed by atoms with Gasteiger partial charge in [-0.25, -0.2) is 4.98 Å². The van der Waals surface area contributed by atoms with Crippen molar-refractivity contribution in [2.45, 2.75) is 13.5 Å². The number of aromatic amines is 1. The maximum Gasteiger partial charge on any atom is 0.138 e. The molecule has 0 fully saturated rings. The van der Waals surface area contributed by atoms with Gasteiger partial charge in [-0.15, -0.1) is 0 Å². The second-order valence-corrected chi connectivity index (χ2v) is 3.87. The van der Waals surface area contributed by atoms with Crippen molar-refractivity contribution in [3.05, 3.63) is 41.4 Å². The van der Waals surface area contributed by atoms with E-state index in [1.807, 2.05) is 25.1 Å². The number of hydrogen-bond donors (Lipinski definition) is 2. The van der Waals surface area contributed by atoms with E-state index >= 15 is 0 Å². The smallest absolute Gasteiger partial charge is 0.138 e. The fraction of sp³-hybridized carbons (Fsp3) is 0.250. The fourth-order valence-corrected chi connectivity index (χ4v) is 1.70. The molecule has 0 unspecified atom stereocenters. The molecule has 1 aromatic heterocycles. The maximum atomic E-state index is 6.08. The lowest BCUT2D eigenvalue weighted by Gasteiger charge is -2.09. The van der Waals surface area contributed by atoms with Gasteiger partial charge in [0, 0.05) is 18.1 Å². The Morgan fingerprint density at radius 3 is 3.00 bits per heavy atom. The third kappa shape index (κ3) is 3.14. The van der Waals surface area contributed by atoms with Gasteiger partial charge in [-0.1, -0.05) is 11.6 Å². The molecule has 2 N–H and O–H groups in total. The Morgan fingerprint density at radius 2 is 2.35 bits per heavy atom. The summed E-state index contributed by atoms with van der Waals surface area (Å²) in [5.41, 5.74) is 0.940. The third-order valence-electron chi connectivity index (χ3n) is 2.25. The molecule has 0 atom stereocenters. The number of nitrogens with one attached hydrogen (secondary N) is 2. The summed E-state index contributed by atoms with van der Waals surface area (Å²) in [6.45, 7) is 3.18. The molecule has 2 rings (SSSR count). The van der Waals surface area contributed by atoms with Crippen LogP contribution >= 0.6 is 11.6 Å². The Morgan fingerprint density at radius 1 is 1.47 bits per heavy atom. The van der Waals surface area contributed by atoms with Crippen LogP contribution in [-0.2, 0) is 6.54 Å². The summed E-state index contributed by atoms with van der Waals surface area (Å²) >= 11 is 6.08. The van der Waals surface area contributed by atoms with Gasteiger partial charge in [-0.05, 0) is 25.1 Å². The monoisotopic (exact) mass is 251 g/mol. The van der Waals surface area contributed by atoms with Crippen LogP contribution in [0.15, 0.2) is 30.6 Å². The van der Waals surface area contributed by atoms with Gasteiger partial charge in [0.25, 0.3) is 0 Å². The molecule has 0 radical (unpaired) electrons. The van der Waals surface area contributed by atoms with E-state index in [2.05, 4.69) is 15.3 Å². The van der Waals surface area contributed by atoms with Gasteiger partial charge in [-0.2, -0.15) is 0 Å². The van der Waals surface area contributed by atoms with Crippen molar-refractivity contribution in [3.8, 4) is 5.75 Å². The first-order valence-corrected chi connectivity index (χ1v) is 5.82. The van der Waals surface area contributed by atoms with Gasteiger partial charge in [0.05, 0.1) is 18.2 Å². The van der Waals surface area contributed by atoms with Crippen molar-refractivity contribution in [3.63, 3.8) is 0 Å². The molecular formula is C12H14ClN3O. The first-order chi connectivity index (χ1) is 8.29. The van der Waals surface area contributed by atoms with E-state index in [1.54, 1.807) is 12.4 Å². The highest BCUT2D eigenvalue weighted by molar-refractivity contribution is 6.32. The molecule has 0 bridgehead atoms. The van der Waals surface area contributed by atoms with E-state index in [0.29, 0.717) is 23.9 Å². The molecule has 0 amide bonds. The number of H-pyrrole nitrogens is 1. The predicted molar refractivity (Wildman–Crippen MR) is 68.5 cm³/mol. The topological polar surface area (TPSA) is 49.9 Å². The van der Waals surface area contributed by atoms with E-state index < -0.39 is 0 Å². The number of imidazole rings is 1. The number of ether oxygens (including phenoxy) is 1. The standard InChI is InChI=1S/C12H14ClN3O/c1-2-17-11-4-3-9(7-10(11)13)16-8-12-14-5-6-15-12/h3-7,16H,2,8H2,1H3,(H,14,15). The Labute approximate surface area is 105 Å². The van der Waals surface area contributed by atoms with Crippen LogP contribution in [0, 0.1) is 0 Å². The van der Waals surface area contributed by atoms with E-state index in [0.717, 1.165) is 11.5 Å². The lowest BCUT2D eigenvalue weighted by molar-refractivity contribution is 0.340. The van der Waals surface area contributed by atoms with E-state index in [4.69, 9.17) is 16.3 Å². The SMILES string of the molecule is CCOc1ccc(NCc2ncc[nH]2)cc1Cl. The van der Waals surface area contributed by atoms with Crippen LogP contribution in [0.25, 0.3) is 0 Å². The molecule has 5 heteroatoms. The highest BCUT2D eigenvalue weighted by Gasteiger charge is 2.02. The van der Waals surface area contributed by atoms with Crippen molar-refractivity contribution in [1.82, 2.24) is 9.97 Å². The van der Waals surface area contributed by atoms with Crippen LogP contribution in [0.1, 0.15) is 12.7 Å². The van der Waals surface area contributed by atoms with Crippen molar-refractivity contribution in [1.29, 1.82) is 0 Å². The summed E-state index contributed by atoms with van der Waals surface area (Å²) < 4.78 is 5.36. The minimum absolute atomic E-state index is 0.608. The zero-order valence-electron chi connectivity index (χ0n) is 9.53. The minimum Gasteiger partial charge on any atom is -0.492 e. The average molecular weight is 252 g/mol. The number of hydrogen-bond acceptors (Lipinski definition) is 3. The number of benzene rings is 1. The summed E-state index contributed by atoms with van der Waals surface area (Å²) in [7, 11) is 0. The molecule has 0 saturated carbocycles. The number of halogens is 1. The molecule has 1 aromatic carbocycles. The molecule has 1 heterocycles. The second kappa shape index (κ2) is 5.59. The maximum absolute atomic E-state index is 6.08. The van der Waals surface area contributed by atoms with Crippen molar-refractivity contribution < 1.29 is 4.74 Å². The predicted octanol–water partition coefficient (Wildman–Crippen LogP) is 3.07. The van der Waals surface area contributed by atoms with E-state index in [1.165, 1.54) is 0 Å². The van der Waals surface area contributed by atoms with Crippen LogP contribution < -0.4 is 10.1 Å². The zero-order chi connectivity index (χ0) is 12.1. The van der Waals surface area contributed by atoms with Crippen molar-refractivity contribution in [2.24, 2.45) is 0 Å². The first kappa shape index (κ1) is 11.8. The second-order valence-electron chi connectivity index (χ2n) is 3.47. The highest BCUT2D eigenvalue weighted by Crippen LogP contribution is 2.27. The van der Waals surface area contributed by atoms with Crippen LogP contribution in [0.4, 0.5) is 5.69 Å². The quantitative estimate of drug-likeness (QED) is 0.859. The van der Waals surface area contributed by atoms with Crippen molar-refractivity contribution in [2.75, 3.05) is 11.9 Å². The summed E-state index contributed by atoms with van der Waals surface area (Å²) in [4.78, 5) is 7.15. The molecule has 17 heavy (non-hydrogen) atoms. The molecule has 0 aliphatic carbocycles.